The van der Waals surface area contributed by atoms with E-state index < -0.39 is 5.82 Å². The van der Waals surface area contributed by atoms with Crippen LogP contribution in [0.15, 0.2) is 42.6 Å². The Kier molecular flexibility index (Phi) is 3.96. The fourth-order valence-corrected chi connectivity index (χ4v) is 1.70. The SMILES string of the molecule is NNC(Cc1ccc(F)cc1)c1ccc(F)cn1. The van der Waals surface area contributed by atoms with Gasteiger partial charge in [-0.25, -0.2) is 8.78 Å². The summed E-state index contributed by atoms with van der Waals surface area (Å²) in [4.78, 5) is 3.97. The predicted molar refractivity (Wildman–Crippen MR) is 64.4 cm³/mol. The highest BCUT2D eigenvalue weighted by molar-refractivity contribution is 5.20. The van der Waals surface area contributed by atoms with Gasteiger partial charge >= 0.3 is 0 Å². The molecule has 0 amide bonds. The summed E-state index contributed by atoms with van der Waals surface area (Å²) in [6, 6.07) is 8.81. The van der Waals surface area contributed by atoms with Gasteiger partial charge in [-0.1, -0.05) is 12.1 Å². The molecule has 1 unspecified atom stereocenters. The summed E-state index contributed by atoms with van der Waals surface area (Å²) in [5.41, 5.74) is 4.19. The molecule has 3 nitrogen and oxygen atoms in total. The van der Waals surface area contributed by atoms with E-state index in [1.54, 1.807) is 18.2 Å². The van der Waals surface area contributed by atoms with E-state index in [0.717, 1.165) is 11.8 Å². The van der Waals surface area contributed by atoms with E-state index in [1.165, 1.54) is 18.2 Å². The van der Waals surface area contributed by atoms with Gasteiger partial charge in [0.05, 0.1) is 17.9 Å². The van der Waals surface area contributed by atoms with Crippen molar-refractivity contribution in [2.24, 2.45) is 5.84 Å². The second-order valence-electron chi connectivity index (χ2n) is 3.95. The second kappa shape index (κ2) is 5.66. The third-order valence-corrected chi connectivity index (χ3v) is 2.66. The number of halogens is 2. The maximum Gasteiger partial charge on any atom is 0.141 e. The fraction of sp³-hybridized carbons (Fsp3) is 0.154. The van der Waals surface area contributed by atoms with Crippen molar-refractivity contribution in [2.45, 2.75) is 12.5 Å². The molecular formula is C13H13F2N3. The number of rotatable bonds is 4. The van der Waals surface area contributed by atoms with E-state index in [0.29, 0.717) is 12.1 Å². The monoisotopic (exact) mass is 249 g/mol. The molecule has 1 heterocycles. The highest BCUT2D eigenvalue weighted by Gasteiger charge is 2.12. The fourth-order valence-electron chi connectivity index (χ4n) is 1.70. The Morgan fingerprint density at radius 1 is 1.06 bits per heavy atom. The molecule has 0 radical (unpaired) electrons. The quantitative estimate of drug-likeness (QED) is 0.644. The lowest BCUT2D eigenvalue weighted by Gasteiger charge is -2.15. The van der Waals surface area contributed by atoms with Crippen LogP contribution in [0, 0.1) is 11.6 Å². The Labute approximate surface area is 104 Å². The molecule has 0 fully saturated rings. The van der Waals surface area contributed by atoms with Gasteiger partial charge in [0.15, 0.2) is 0 Å². The lowest BCUT2D eigenvalue weighted by Crippen LogP contribution is -2.30. The number of nitrogens with two attached hydrogens (primary N) is 1. The van der Waals surface area contributed by atoms with E-state index in [9.17, 15) is 8.78 Å². The number of pyridine rings is 1. The van der Waals surface area contributed by atoms with Crippen molar-refractivity contribution in [1.82, 2.24) is 10.4 Å². The van der Waals surface area contributed by atoms with Crippen LogP contribution in [0.4, 0.5) is 8.78 Å². The standard InChI is InChI=1S/C13H13F2N3/c14-10-3-1-9(2-4-10)7-13(18-16)12-6-5-11(15)8-17-12/h1-6,8,13,18H,7,16H2. The average Bonchev–Trinajstić information content (AvgIpc) is 2.39. The van der Waals surface area contributed by atoms with Gasteiger partial charge in [-0.3, -0.25) is 16.3 Å². The highest BCUT2D eigenvalue weighted by atomic mass is 19.1. The summed E-state index contributed by atoms with van der Waals surface area (Å²) in [5.74, 6) is 4.79. The molecule has 0 bridgehead atoms. The molecule has 5 heteroatoms. The first kappa shape index (κ1) is 12.6. The van der Waals surface area contributed by atoms with Crippen LogP contribution in [0.3, 0.4) is 0 Å². The largest absolute Gasteiger partial charge is 0.271 e. The topological polar surface area (TPSA) is 50.9 Å². The van der Waals surface area contributed by atoms with Crippen LogP contribution in [-0.2, 0) is 6.42 Å². The minimum absolute atomic E-state index is 0.240. The number of hydrogen-bond acceptors (Lipinski definition) is 3. The van der Waals surface area contributed by atoms with E-state index in [1.807, 2.05) is 0 Å². The third-order valence-electron chi connectivity index (χ3n) is 2.66. The molecule has 1 atom stereocenters. The molecule has 2 rings (SSSR count). The van der Waals surface area contributed by atoms with Gasteiger partial charge in [0, 0.05) is 0 Å². The molecule has 0 spiro atoms. The van der Waals surface area contributed by atoms with Gasteiger partial charge in [0.1, 0.15) is 11.6 Å². The summed E-state index contributed by atoms with van der Waals surface area (Å²) in [5, 5.41) is 0. The molecule has 1 aromatic heterocycles. The summed E-state index contributed by atoms with van der Waals surface area (Å²) < 4.78 is 25.5. The molecule has 18 heavy (non-hydrogen) atoms. The highest BCUT2D eigenvalue weighted by Crippen LogP contribution is 2.16. The first-order valence-corrected chi connectivity index (χ1v) is 5.51. The van der Waals surface area contributed by atoms with Crippen molar-refractivity contribution < 1.29 is 8.78 Å². The number of nitrogens with zero attached hydrogens (tertiary/aromatic N) is 1. The molecule has 0 saturated carbocycles. The maximum absolute atomic E-state index is 12.8. The molecule has 3 N–H and O–H groups in total. The summed E-state index contributed by atoms with van der Waals surface area (Å²) in [6.45, 7) is 0. The second-order valence-corrected chi connectivity index (χ2v) is 3.95. The van der Waals surface area contributed by atoms with Gasteiger partial charge in [0.2, 0.25) is 0 Å². The number of hydrogen-bond donors (Lipinski definition) is 2. The van der Waals surface area contributed by atoms with Crippen LogP contribution in [0.2, 0.25) is 0 Å². The molecule has 2 aromatic rings. The van der Waals surface area contributed by atoms with Crippen molar-refractivity contribution in [3.8, 4) is 0 Å². The number of aromatic nitrogens is 1. The lowest BCUT2D eigenvalue weighted by molar-refractivity contribution is 0.532. The van der Waals surface area contributed by atoms with Crippen LogP contribution in [0.5, 0.6) is 0 Å². The summed E-state index contributed by atoms with van der Waals surface area (Å²) in [7, 11) is 0. The molecular weight excluding hydrogens is 236 g/mol. The Morgan fingerprint density at radius 2 is 1.72 bits per heavy atom. The zero-order valence-electron chi connectivity index (χ0n) is 9.61. The molecule has 1 aromatic carbocycles. The van der Waals surface area contributed by atoms with Crippen LogP contribution >= 0.6 is 0 Å². The number of hydrazine groups is 1. The summed E-state index contributed by atoms with van der Waals surface area (Å²) >= 11 is 0. The molecule has 0 aliphatic carbocycles. The van der Waals surface area contributed by atoms with Gasteiger partial charge in [-0.2, -0.15) is 0 Å². The molecule has 0 aliphatic heterocycles. The van der Waals surface area contributed by atoms with Crippen LogP contribution in [-0.4, -0.2) is 4.98 Å². The van der Waals surface area contributed by atoms with Crippen molar-refractivity contribution in [1.29, 1.82) is 0 Å². The van der Waals surface area contributed by atoms with E-state index in [4.69, 9.17) is 5.84 Å². The number of nitrogens with one attached hydrogen (secondary N) is 1. The lowest BCUT2D eigenvalue weighted by atomic mass is 10.0. The smallest absolute Gasteiger partial charge is 0.141 e. The van der Waals surface area contributed by atoms with Crippen molar-refractivity contribution in [3.05, 3.63) is 65.5 Å². The zero-order valence-corrected chi connectivity index (χ0v) is 9.61. The van der Waals surface area contributed by atoms with Crippen LogP contribution in [0.1, 0.15) is 17.3 Å². The Morgan fingerprint density at radius 3 is 2.28 bits per heavy atom. The normalized spacial score (nSPS) is 12.4. The first-order valence-electron chi connectivity index (χ1n) is 5.51. The number of benzene rings is 1. The summed E-state index contributed by atoms with van der Waals surface area (Å²) in [6.07, 6.45) is 1.69. The maximum atomic E-state index is 12.8. The van der Waals surface area contributed by atoms with Crippen molar-refractivity contribution >= 4 is 0 Å². The molecule has 94 valence electrons. The van der Waals surface area contributed by atoms with Crippen LogP contribution in [0.25, 0.3) is 0 Å². The van der Waals surface area contributed by atoms with E-state index in [2.05, 4.69) is 10.4 Å². The van der Waals surface area contributed by atoms with Crippen molar-refractivity contribution in [2.75, 3.05) is 0 Å². The predicted octanol–water partition coefficient (Wildman–Crippen LogP) is 2.11. The molecule has 0 aliphatic rings. The van der Waals surface area contributed by atoms with Gasteiger partial charge < -0.3 is 0 Å². The first-order chi connectivity index (χ1) is 8.69. The van der Waals surface area contributed by atoms with Gasteiger partial charge in [0.25, 0.3) is 0 Å². The van der Waals surface area contributed by atoms with Gasteiger partial charge in [-0.15, -0.1) is 0 Å². The Bertz CT molecular complexity index is 497. The molecule has 0 saturated heterocycles. The third kappa shape index (κ3) is 3.09. The zero-order chi connectivity index (χ0) is 13.0. The van der Waals surface area contributed by atoms with Crippen molar-refractivity contribution in [3.63, 3.8) is 0 Å². The van der Waals surface area contributed by atoms with Crippen LogP contribution < -0.4 is 11.3 Å². The van der Waals surface area contributed by atoms with E-state index in [-0.39, 0.29) is 11.9 Å². The minimum atomic E-state index is -0.392. The minimum Gasteiger partial charge on any atom is -0.271 e. The Hall–Kier alpha value is -1.85. The van der Waals surface area contributed by atoms with E-state index >= 15 is 0 Å². The Balaban J connectivity index is 2.14. The average molecular weight is 249 g/mol. The van der Waals surface area contributed by atoms with Gasteiger partial charge in [-0.05, 0) is 36.2 Å².